The highest BCUT2D eigenvalue weighted by Crippen LogP contribution is 2.29. The molecule has 0 spiro atoms. The lowest BCUT2D eigenvalue weighted by Gasteiger charge is -2.06. The number of ether oxygens (including phenoxy) is 1. The van der Waals surface area contributed by atoms with Crippen LogP contribution in [0.5, 0.6) is 5.75 Å². The average molecular weight is 323 g/mol. The molecule has 0 aliphatic rings. The standard InChI is InChI=1S/C19H17NO4/c1-2-10-24-16-12-20-9-8-14(19(22)23)11-15(20)17(16)18(21)13-6-4-3-5-7-13/h3-9,11-12H,2,10H2,1H3,(H,22,23). The molecule has 0 aliphatic heterocycles. The van der Waals surface area contributed by atoms with Crippen LogP contribution in [-0.4, -0.2) is 27.9 Å². The summed E-state index contributed by atoms with van der Waals surface area (Å²) in [6.45, 7) is 2.47. The van der Waals surface area contributed by atoms with Gasteiger partial charge in [0.25, 0.3) is 0 Å². The fourth-order valence-corrected chi connectivity index (χ4v) is 2.56. The van der Waals surface area contributed by atoms with Gasteiger partial charge in [-0.15, -0.1) is 0 Å². The number of carboxylic acids is 1. The van der Waals surface area contributed by atoms with Crippen LogP contribution in [0.1, 0.15) is 39.6 Å². The van der Waals surface area contributed by atoms with Gasteiger partial charge >= 0.3 is 5.97 Å². The third-order valence-electron chi connectivity index (χ3n) is 3.72. The predicted molar refractivity (Wildman–Crippen MR) is 90.0 cm³/mol. The van der Waals surface area contributed by atoms with Gasteiger partial charge in [0.15, 0.2) is 5.78 Å². The molecular formula is C19H17NO4. The van der Waals surface area contributed by atoms with Crippen molar-refractivity contribution in [1.82, 2.24) is 4.40 Å². The molecule has 3 rings (SSSR count). The minimum Gasteiger partial charge on any atom is -0.491 e. The van der Waals surface area contributed by atoms with Crippen molar-refractivity contribution < 1.29 is 19.4 Å². The minimum absolute atomic E-state index is 0.129. The molecule has 1 aromatic carbocycles. The summed E-state index contributed by atoms with van der Waals surface area (Å²) in [7, 11) is 0. The molecule has 0 atom stereocenters. The van der Waals surface area contributed by atoms with Gasteiger partial charge in [0.2, 0.25) is 0 Å². The third-order valence-corrected chi connectivity index (χ3v) is 3.72. The van der Waals surface area contributed by atoms with Crippen molar-refractivity contribution in [2.75, 3.05) is 6.61 Å². The van der Waals surface area contributed by atoms with E-state index in [9.17, 15) is 14.7 Å². The number of nitrogens with zero attached hydrogens (tertiary/aromatic N) is 1. The minimum atomic E-state index is -1.03. The van der Waals surface area contributed by atoms with Gasteiger partial charge in [-0.3, -0.25) is 4.79 Å². The van der Waals surface area contributed by atoms with Gasteiger partial charge in [-0.2, -0.15) is 0 Å². The Kier molecular flexibility index (Phi) is 4.33. The van der Waals surface area contributed by atoms with E-state index < -0.39 is 5.97 Å². The van der Waals surface area contributed by atoms with Crippen LogP contribution in [0.2, 0.25) is 0 Å². The van der Waals surface area contributed by atoms with E-state index in [-0.39, 0.29) is 11.3 Å². The number of carboxylic acid groups (broad SMARTS) is 1. The van der Waals surface area contributed by atoms with Gasteiger partial charge in [0.1, 0.15) is 5.75 Å². The van der Waals surface area contributed by atoms with Gasteiger partial charge in [0, 0.05) is 11.8 Å². The molecule has 0 amide bonds. The molecule has 3 aromatic rings. The number of hydrogen-bond acceptors (Lipinski definition) is 3. The van der Waals surface area contributed by atoms with Gasteiger partial charge < -0.3 is 14.2 Å². The molecule has 0 bridgehead atoms. The lowest BCUT2D eigenvalue weighted by molar-refractivity contribution is 0.0696. The van der Waals surface area contributed by atoms with Crippen molar-refractivity contribution in [2.24, 2.45) is 0 Å². The summed E-state index contributed by atoms with van der Waals surface area (Å²) in [5.41, 5.74) is 1.57. The molecule has 5 heteroatoms. The molecule has 0 saturated carbocycles. The highest BCUT2D eigenvalue weighted by Gasteiger charge is 2.21. The molecule has 5 nitrogen and oxygen atoms in total. The van der Waals surface area contributed by atoms with Gasteiger partial charge in [-0.25, -0.2) is 4.79 Å². The number of carbonyl (C=O) groups excluding carboxylic acids is 1. The Bertz CT molecular complexity index is 896. The smallest absolute Gasteiger partial charge is 0.335 e. The van der Waals surface area contributed by atoms with Crippen LogP contribution in [0.15, 0.2) is 54.9 Å². The van der Waals surface area contributed by atoms with Crippen molar-refractivity contribution in [2.45, 2.75) is 13.3 Å². The first kappa shape index (κ1) is 15.8. The zero-order valence-corrected chi connectivity index (χ0v) is 13.2. The highest BCUT2D eigenvalue weighted by atomic mass is 16.5. The highest BCUT2D eigenvalue weighted by molar-refractivity contribution is 6.15. The molecule has 122 valence electrons. The maximum Gasteiger partial charge on any atom is 0.335 e. The van der Waals surface area contributed by atoms with E-state index in [1.807, 2.05) is 13.0 Å². The quantitative estimate of drug-likeness (QED) is 0.703. The first-order valence-corrected chi connectivity index (χ1v) is 7.72. The molecule has 0 fully saturated rings. The second kappa shape index (κ2) is 6.58. The molecule has 0 aliphatic carbocycles. The second-order valence-electron chi connectivity index (χ2n) is 5.43. The fraction of sp³-hybridized carbons (Fsp3) is 0.158. The first-order chi connectivity index (χ1) is 11.6. The monoisotopic (exact) mass is 323 g/mol. The summed E-state index contributed by atoms with van der Waals surface area (Å²) in [6.07, 6.45) is 4.15. The van der Waals surface area contributed by atoms with E-state index in [0.29, 0.717) is 29.0 Å². The summed E-state index contributed by atoms with van der Waals surface area (Å²) in [5, 5.41) is 9.21. The van der Waals surface area contributed by atoms with Crippen molar-refractivity contribution >= 4 is 17.3 Å². The maximum atomic E-state index is 12.9. The first-order valence-electron chi connectivity index (χ1n) is 7.72. The SMILES string of the molecule is CCCOc1cn2ccc(C(=O)O)cc2c1C(=O)c1ccccc1. The number of aromatic carboxylic acids is 1. The Morgan fingerprint density at radius 3 is 2.54 bits per heavy atom. The average Bonchev–Trinajstić information content (AvgIpc) is 2.97. The Balaban J connectivity index is 2.19. The number of carbonyl (C=O) groups is 2. The van der Waals surface area contributed by atoms with Gasteiger partial charge in [-0.1, -0.05) is 37.3 Å². The number of aromatic nitrogens is 1. The molecular weight excluding hydrogens is 306 g/mol. The molecule has 0 radical (unpaired) electrons. The summed E-state index contributed by atoms with van der Waals surface area (Å²) in [4.78, 5) is 24.2. The second-order valence-corrected chi connectivity index (χ2v) is 5.43. The number of ketones is 1. The Labute approximate surface area is 139 Å². The maximum absolute atomic E-state index is 12.9. The van der Waals surface area contributed by atoms with Crippen molar-refractivity contribution in [3.63, 3.8) is 0 Å². The van der Waals surface area contributed by atoms with Crippen LogP contribution < -0.4 is 4.74 Å². The number of fused-ring (bicyclic) bond motifs is 1. The van der Waals surface area contributed by atoms with Crippen molar-refractivity contribution in [3.8, 4) is 5.75 Å². The zero-order chi connectivity index (χ0) is 17.1. The molecule has 0 unspecified atom stereocenters. The predicted octanol–water partition coefficient (Wildman–Crippen LogP) is 3.66. The van der Waals surface area contributed by atoms with E-state index in [4.69, 9.17) is 4.74 Å². The lowest BCUT2D eigenvalue weighted by Crippen LogP contribution is -2.05. The van der Waals surface area contributed by atoms with E-state index in [1.165, 1.54) is 12.1 Å². The molecule has 24 heavy (non-hydrogen) atoms. The molecule has 2 aromatic heterocycles. The summed E-state index contributed by atoms with van der Waals surface area (Å²) < 4.78 is 7.44. The Hall–Kier alpha value is -3.08. The number of rotatable bonds is 6. The summed E-state index contributed by atoms with van der Waals surface area (Å²) in [5.74, 6) is -0.757. The Morgan fingerprint density at radius 1 is 1.12 bits per heavy atom. The molecule has 0 saturated heterocycles. The van der Waals surface area contributed by atoms with Gasteiger partial charge in [0.05, 0.1) is 29.4 Å². The van der Waals surface area contributed by atoms with Gasteiger partial charge in [-0.05, 0) is 18.6 Å². The molecule has 1 N–H and O–H groups in total. The fourth-order valence-electron chi connectivity index (χ4n) is 2.56. The van der Waals surface area contributed by atoms with Crippen LogP contribution in [0, 0.1) is 0 Å². The Morgan fingerprint density at radius 2 is 1.88 bits per heavy atom. The summed E-state index contributed by atoms with van der Waals surface area (Å²) >= 11 is 0. The van der Waals surface area contributed by atoms with Crippen LogP contribution in [0.4, 0.5) is 0 Å². The normalized spacial score (nSPS) is 10.7. The van der Waals surface area contributed by atoms with Crippen molar-refractivity contribution in [1.29, 1.82) is 0 Å². The number of benzene rings is 1. The lowest BCUT2D eigenvalue weighted by atomic mass is 10.0. The van der Waals surface area contributed by atoms with Crippen LogP contribution >= 0.6 is 0 Å². The topological polar surface area (TPSA) is 68.0 Å². The number of hydrogen-bond donors (Lipinski definition) is 1. The van der Waals surface area contributed by atoms with Crippen molar-refractivity contribution in [3.05, 3.63) is 71.5 Å². The molecule has 2 heterocycles. The third kappa shape index (κ3) is 2.88. The van der Waals surface area contributed by atoms with E-state index in [0.717, 1.165) is 6.42 Å². The summed E-state index contributed by atoms with van der Waals surface area (Å²) in [6, 6.07) is 11.9. The van der Waals surface area contributed by atoms with Crippen LogP contribution in [-0.2, 0) is 0 Å². The van der Waals surface area contributed by atoms with E-state index in [2.05, 4.69) is 0 Å². The van der Waals surface area contributed by atoms with Crippen LogP contribution in [0.3, 0.4) is 0 Å². The van der Waals surface area contributed by atoms with E-state index >= 15 is 0 Å². The van der Waals surface area contributed by atoms with E-state index in [1.54, 1.807) is 41.1 Å². The largest absolute Gasteiger partial charge is 0.491 e. The zero-order valence-electron chi connectivity index (χ0n) is 13.2. The number of pyridine rings is 1. The van der Waals surface area contributed by atoms with Crippen LogP contribution in [0.25, 0.3) is 5.52 Å².